The monoisotopic (exact) mass is 385 g/mol. The molecule has 1 amide bonds. The fraction of sp³-hybridized carbons (Fsp3) is 0.381. The summed E-state index contributed by atoms with van der Waals surface area (Å²) in [5, 5.41) is 13.5. The van der Waals surface area contributed by atoms with Crippen molar-refractivity contribution in [2.45, 2.75) is 46.6 Å². The van der Waals surface area contributed by atoms with Crippen molar-refractivity contribution >= 4 is 33.8 Å². The average Bonchev–Trinajstić information content (AvgIpc) is 3.01. The number of carbonyl (C=O) groups excluding carboxylic acids is 1. The Balaban J connectivity index is 1.97. The Morgan fingerprint density at radius 1 is 1.18 bits per heavy atom. The molecule has 0 aliphatic rings. The first-order chi connectivity index (χ1) is 13.2. The first-order valence-electron chi connectivity index (χ1n) is 9.19. The van der Waals surface area contributed by atoms with Gasteiger partial charge in [-0.3, -0.25) is 4.79 Å². The van der Waals surface area contributed by atoms with Gasteiger partial charge in [-0.25, -0.2) is 9.59 Å². The minimum atomic E-state index is -1.09. The molecule has 1 aromatic carbocycles. The van der Waals surface area contributed by atoms with E-state index in [9.17, 15) is 19.5 Å². The van der Waals surface area contributed by atoms with Crippen molar-refractivity contribution in [1.29, 1.82) is 0 Å². The summed E-state index contributed by atoms with van der Waals surface area (Å²) >= 11 is 0. The maximum absolute atomic E-state index is 12.4. The van der Waals surface area contributed by atoms with E-state index in [1.54, 1.807) is 26.2 Å². The van der Waals surface area contributed by atoms with E-state index in [4.69, 9.17) is 8.83 Å². The van der Waals surface area contributed by atoms with E-state index >= 15 is 0 Å². The summed E-state index contributed by atoms with van der Waals surface area (Å²) in [6, 6.07) is 2.54. The van der Waals surface area contributed by atoms with Crippen LogP contribution >= 0.6 is 0 Å². The summed E-state index contributed by atoms with van der Waals surface area (Å²) in [7, 11) is 0. The number of carboxylic acids is 1. The molecule has 2 atom stereocenters. The molecular formula is C21H23NO6. The van der Waals surface area contributed by atoms with Crippen molar-refractivity contribution in [2.24, 2.45) is 5.92 Å². The number of hydrogen-bond acceptors (Lipinski definition) is 5. The number of aryl methyl sites for hydroxylation is 2. The highest BCUT2D eigenvalue weighted by Crippen LogP contribution is 2.28. The van der Waals surface area contributed by atoms with Crippen molar-refractivity contribution in [3.05, 3.63) is 45.5 Å². The Kier molecular flexibility index (Phi) is 5.27. The van der Waals surface area contributed by atoms with Gasteiger partial charge in [-0.1, -0.05) is 20.3 Å². The molecule has 0 saturated carbocycles. The molecule has 7 heteroatoms. The van der Waals surface area contributed by atoms with Crippen molar-refractivity contribution < 1.29 is 23.5 Å². The molecule has 0 bridgehead atoms. The topological polar surface area (TPSA) is 110 Å². The highest BCUT2D eigenvalue weighted by atomic mass is 16.4. The molecule has 0 unspecified atom stereocenters. The van der Waals surface area contributed by atoms with E-state index in [2.05, 4.69) is 5.32 Å². The summed E-state index contributed by atoms with van der Waals surface area (Å²) in [6.07, 6.45) is 1.99. The number of carboxylic acid groups (broad SMARTS) is 1. The van der Waals surface area contributed by atoms with Crippen LogP contribution in [0.1, 0.15) is 37.0 Å². The van der Waals surface area contributed by atoms with Crippen molar-refractivity contribution in [3.63, 3.8) is 0 Å². The van der Waals surface area contributed by atoms with Gasteiger partial charge in [0.05, 0.1) is 18.2 Å². The number of carbonyl (C=O) groups is 2. The predicted octanol–water partition coefficient (Wildman–Crippen LogP) is 3.31. The number of hydrogen-bond donors (Lipinski definition) is 2. The lowest BCUT2D eigenvalue weighted by Gasteiger charge is -2.20. The summed E-state index contributed by atoms with van der Waals surface area (Å²) < 4.78 is 10.8. The maximum atomic E-state index is 12.4. The third kappa shape index (κ3) is 3.52. The number of benzene rings is 1. The molecule has 0 fully saturated rings. The van der Waals surface area contributed by atoms with E-state index in [1.165, 1.54) is 0 Å². The molecule has 0 spiro atoms. The second-order valence-electron chi connectivity index (χ2n) is 7.20. The van der Waals surface area contributed by atoms with Gasteiger partial charge in [0, 0.05) is 16.8 Å². The second-order valence-corrected chi connectivity index (χ2v) is 7.20. The summed E-state index contributed by atoms with van der Waals surface area (Å²) in [6.45, 7) is 7.29. The van der Waals surface area contributed by atoms with Gasteiger partial charge in [-0.15, -0.1) is 0 Å². The summed E-state index contributed by atoms with van der Waals surface area (Å²) in [5.74, 6) is -1.85. The molecule has 0 radical (unpaired) electrons. The lowest BCUT2D eigenvalue weighted by molar-refractivity contribution is -0.143. The first kappa shape index (κ1) is 19.7. The van der Waals surface area contributed by atoms with Crippen LogP contribution in [0.25, 0.3) is 21.9 Å². The van der Waals surface area contributed by atoms with Crippen LogP contribution in [0.5, 0.6) is 0 Å². The molecule has 148 valence electrons. The minimum absolute atomic E-state index is 0.221. The molecule has 0 aliphatic carbocycles. The van der Waals surface area contributed by atoms with Crippen LogP contribution in [0.3, 0.4) is 0 Å². The minimum Gasteiger partial charge on any atom is -0.480 e. The SMILES string of the molecule is CC[C@H](C)[C@H](NC(=O)Cc1c(C)c2cc3c(C)coc3cc2oc1=O)C(=O)O. The Morgan fingerprint density at radius 3 is 2.54 bits per heavy atom. The van der Waals surface area contributed by atoms with Crippen LogP contribution in [-0.4, -0.2) is 23.0 Å². The van der Waals surface area contributed by atoms with Gasteiger partial charge in [-0.2, -0.15) is 0 Å². The van der Waals surface area contributed by atoms with Gasteiger partial charge in [0.25, 0.3) is 0 Å². The predicted molar refractivity (Wildman–Crippen MR) is 104 cm³/mol. The molecule has 2 heterocycles. The number of fused-ring (bicyclic) bond motifs is 2. The zero-order valence-corrected chi connectivity index (χ0v) is 16.3. The second kappa shape index (κ2) is 7.50. The number of aliphatic carboxylic acids is 1. The van der Waals surface area contributed by atoms with Crippen molar-refractivity contribution in [3.8, 4) is 0 Å². The summed E-state index contributed by atoms with van der Waals surface area (Å²) in [4.78, 5) is 36.3. The lowest BCUT2D eigenvalue weighted by atomic mass is 9.98. The molecule has 3 rings (SSSR count). The number of amides is 1. The Hall–Kier alpha value is -3.09. The Morgan fingerprint density at radius 2 is 1.89 bits per heavy atom. The third-order valence-electron chi connectivity index (χ3n) is 5.31. The van der Waals surface area contributed by atoms with Crippen LogP contribution in [0, 0.1) is 19.8 Å². The van der Waals surface area contributed by atoms with Crippen LogP contribution < -0.4 is 10.9 Å². The number of rotatable bonds is 6. The maximum Gasteiger partial charge on any atom is 0.340 e. The smallest absolute Gasteiger partial charge is 0.340 e. The van der Waals surface area contributed by atoms with Gasteiger partial charge in [0.15, 0.2) is 0 Å². The van der Waals surface area contributed by atoms with E-state index in [0.717, 1.165) is 16.3 Å². The molecule has 2 N–H and O–H groups in total. The largest absolute Gasteiger partial charge is 0.480 e. The molecule has 0 aliphatic heterocycles. The first-order valence-corrected chi connectivity index (χ1v) is 9.19. The molecule has 7 nitrogen and oxygen atoms in total. The lowest BCUT2D eigenvalue weighted by Crippen LogP contribution is -2.45. The number of nitrogens with one attached hydrogen (secondary N) is 1. The molecule has 0 saturated heterocycles. The normalized spacial score (nSPS) is 13.6. The highest BCUT2D eigenvalue weighted by Gasteiger charge is 2.26. The van der Waals surface area contributed by atoms with Crippen molar-refractivity contribution in [2.75, 3.05) is 0 Å². The molecule has 28 heavy (non-hydrogen) atoms. The standard InChI is InChI=1S/C21H23NO6/c1-5-10(2)19(20(24)25)22-18(23)7-15-12(4)14-6-13-11(3)9-27-16(13)8-17(14)28-21(15)26/h6,8-10,19H,5,7H2,1-4H3,(H,22,23)(H,24,25)/t10-,19-/m0/s1. The van der Waals surface area contributed by atoms with Gasteiger partial charge < -0.3 is 19.3 Å². The van der Waals surface area contributed by atoms with Gasteiger partial charge >= 0.3 is 11.6 Å². The third-order valence-corrected chi connectivity index (χ3v) is 5.31. The van der Waals surface area contributed by atoms with Gasteiger partial charge in [0.1, 0.15) is 17.2 Å². The quantitative estimate of drug-likeness (QED) is 0.630. The summed E-state index contributed by atoms with van der Waals surface area (Å²) in [5.41, 5.74) is 2.21. The van der Waals surface area contributed by atoms with Gasteiger partial charge in [0.2, 0.25) is 5.91 Å². The van der Waals surface area contributed by atoms with Crippen LogP contribution in [-0.2, 0) is 16.0 Å². The van der Waals surface area contributed by atoms with Crippen LogP contribution in [0.15, 0.2) is 32.0 Å². The Bertz CT molecular complexity index is 1120. The zero-order valence-electron chi connectivity index (χ0n) is 16.3. The highest BCUT2D eigenvalue weighted by molar-refractivity contribution is 5.96. The number of furan rings is 1. The zero-order chi connectivity index (χ0) is 20.6. The van der Waals surface area contributed by atoms with Gasteiger partial charge in [-0.05, 0) is 37.0 Å². The van der Waals surface area contributed by atoms with E-state index < -0.39 is 23.5 Å². The fourth-order valence-corrected chi connectivity index (χ4v) is 3.31. The fourth-order valence-electron chi connectivity index (χ4n) is 3.31. The van der Waals surface area contributed by atoms with E-state index in [0.29, 0.717) is 23.2 Å². The van der Waals surface area contributed by atoms with Crippen LogP contribution in [0.2, 0.25) is 0 Å². The van der Waals surface area contributed by atoms with Crippen LogP contribution in [0.4, 0.5) is 0 Å². The molecule has 3 aromatic rings. The average molecular weight is 385 g/mol. The molecular weight excluding hydrogens is 362 g/mol. The van der Waals surface area contributed by atoms with E-state index in [1.807, 2.05) is 19.9 Å². The van der Waals surface area contributed by atoms with Crippen molar-refractivity contribution in [1.82, 2.24) is 5.32 Å². The molecule has 2 aromatic heterocycles. The van der Waals surface area contributed by atoms with E-state index in [-0.39, 0.29) is 17.9 Å². The Labute approximate surface area is 161 Å².